The summed E-state index contributed by atoms with van der Waals surface area (Å²) in [6.45, 7) is 2.14. The average molecular weight is 266 g/mol. The van der Waals surface area contributed by atoms with Gasteiger partial charge in [0.25, 0.3) is 5.91 Å². The smallest absolute Gasteiger partial charge is 0.257 e. The largest absolute Gasteiger partial charge is 0.361 e. The Morgan fingerprint density at radius 1 is 1.10 bits per heavy atom. The van der Waals surface area contributed by atoms with Gasteiger partial charge in [0.05, 0.1) is 5.56 Å². The van der Waals surface area contributed by atoms with E-state index in [1.54, 1.807) is 4.90 Å². The first kappa shape index (κ1) is 12.7. The molecule has 1 heterocycles. The maximum Gasteiger partial charge on any atom is 0.257 e. The van der Waals surface area contributed by atoms with Crippen molar-refractivity contribution in [2.24, 2.45) is 0 Å². The van der Waals surface area contributed by atoms with Crippen LogP contribution in [0.1, 0.15) is 34.6 Å². The molecule has 20 heavy (non-hydrogen) atoms. The number of nitrogens with one attached hydrogen (secondary N) is 1. The van der Waals surface area contributed by atoms with Crippen LogP contribution < -0.4 is 5.32 Å². The standard InChI is InChI=1S/C17H18N2O/c1-3-12-8-10-13(11-9-12)16-18-15-7-5-4-6-14(15)17(20)19(16)2/h4-11,16,18H,3H2,1-2H3. The van der Waals surface area contributed by atoms with Crippen LogP contribution in [0.25, 0.3) is 0 Å². The molecule has 1 atom stereocenters. The molecule has 1 aliphatic rings. The van der Waals surface area contributed by atoms with Crippen molar-refractivity contribution in [2.75, 3.05) is 12.4 Å². The molecular weight excluding hydrogens is 248 g/mol. The van der Waals surface area contributed by atoms with Crippen molar-refractivity contribution in [1.29, 1.82) is 0 Å². The predicted octanol–water partition coefficient (Wildman–Crippen LogP) is 3.45. The maximum absolute atomic E-state index is 12.4. The van der Waals surface area contributed by atoms with Crippen LogP contribution in [-0.4, -0.2) is 17.9 Å². The molecular formula is C17H18N2O. The summed E-state index contributed by atoms with van der Waals surface area (Å²) in [5.74, 6) is 0.0592. The van der Waals surface area contributed by atoms with Crippen molar-refractivity contribution in [3.63, 3.8) is 0 Å². The molecule has 102 valence electrons. The third-order valence-electron chi connectivity index (χ3n) is 3.86. The number of aryl methyl sites for hydroxylation is 1. The van der Waals surface area contributed by atoms with Crippen LogP contribution in [0.5, 0.6) is 0 Å². The van der Waals surface area contributed by atoms with Crippen LogP contribution >= 0.6 is 0 Å². The molecule has 0 spiro atoms. The lowest BCUT2D eigenvalue weighted by molar-refractivity contribution is 0.0735. The molecule has 2 aromatic rings. The van der Waals surface area contributed by atoms with Crippen molar-refractivity contribution in [2.45, 2.75) is 19.5 Å². The number of amides is 1. The van der Waals surface area contributed by atoms with Gasteiger partial charge in [-0.25, -0.2) is 0 Å². The second kappa shape index (κ2) is 5.00. The van der Waals surface area contributed by atoms with Crippen molar-refractivity contribution >= 4 is 11.6 Å². The van der Waals surface area contributed by atoms with E-state index in [1.807, 2.05) is 31.3 Å². The number of carbonyl (C=O) groups is 1. The molecule has 0 saturated carbocycles. The molecule has 2 aromatic carbocycles. The Kier molecular flexibility index (Phi) is 3.18. The Bertz CT molecular complexity index is 634. The van der Waals surface area contributed by atoms with Crippen LogP contribution in [0.15, 0.2) is 48.5 Å². The summed E-state index contributed by atoms with van der Waals surface area (Å²) in [5, 5.41) is 3.44. The molecule has 3 nitrogen and oxygen atoms in total. The quantitative estimate of drug-likeness (QED) is 0.903. The van der Waals surface area contributed by atoms with E-state index in [1.165, 1.54) is 5.56 Å². The van der Waals surface area contributed by atoms with E-state index in [-0.39, 0.29) is 12.1 Å². The fourth-order valence-electron chi connectivity index (χ4n) is 2.59. The van der Waals surface area contributed by atoms with Gasteiger partial charge in [-0.15, -0.1) is 0 Å². The minimum Gasteiger partial charge on any atom is -0.361 e. The van der Waals surface area contributed by atoms with E-state index in [0.717, 1.165) is 23.2 Å². The molecule has 0 aliphatic carbocycles. The highest BCUT2D eigenvalue weighted by Gasteiger charge is 2.29. The zero-order chi connectivity index (χ0) is 14.1. The highest BCUT2D eigenvalue weighted by molar-refractivity contribution is 6.01. The van der Waals surface area contributed by atoms with Gasteiger partial charge in [-0.2, -0.15) is 0 Å². The Balaban J connectivity index is 1.97. The molecule has 3 rings (SSSR count). The monoisotopic (exact) mass is 266 g/mol. The Morgan fingerprint density at radius 3 is 2.50 bits per heavy atom. The SMILES string of the molecule is CCc1ccc(C2Nc3ccccc3C(=O)N2C)cc1. The van der Waals surface area contributed by atoms with Gasteiger partial charge in [-0.05, 0) is 29.7 Å². The van der Waals surface area contributed by atoms with Gasteiger partial charge in [-0.1, -0.05) is 43.3 Å². The van der Waals surface area contributed by atoms with E-state index < -0.39 is 0 Å². The summed E-state index contributed by atoms with van der Waals surface area (Å²) >= 11 is 0. The zero-order valence-electron chi connectivity index (χ0n) is 11.8. The number of carbonyl (C=O) groups excluding carboxylic acids is 1. The number of benzene rings is 2. The summed E-state index contributed by atoms with van der Waals surface area (Å²) < 4.78 is 0. The second-order valence-corrected chi connectivity index (χ2v) is 5.10. The minimum absolute atomic E-state index is 0.0592. The first-order valence-electron chi connectivity index (χ1n) is 6.92. The van der Waals surface area contributed by atoms with Crippen LogP contribution in [0.3, 0.4) is 0 Å². The Morgan fingerprint density at radius 2 is 1.80 bits per heavy atom. The molecule has 3 heteroatoms. The molecule has 0 fully saturated rings. The second-order valence-electron chi connectivity index (χ2n) is 5.10. The predicted molar refractivity (Wildman–Crippen MR) is 80.7 cm³/mol. The Labute approximate surface area is 119 Å². The van der Waals surface area contributed by atoms with Gasteiger partial charge in [0.15, 0.2) is 0 Å². The van der Waals surface area contributed by atoms with Gasteiger partial charge in [0.1, 0.15) is 6.17 Å². The van der Waals surface area contributed by atoms with Gasteiger partial charge in [0, 0.05) is 12.7 Å². The van der Waals surface area contributed by atoms with Gasteiger partial charge < -0.3 is 10.2 Å². The summed E-state index contributed by atoms with van der Waals surface area (Å²) in [6, 6.07) is 16.1. The first-order chi connectivity index (χ1) is 9.70. The fraction of sp³-hybridized carbons (Fsp3) is 0.235. The van der Waals surface area contributed by atoms with Crippen LogP contribution in [0.4, 0.5) is 5.69 Å². The molecule has 0 radical (unpaired) electrons. The lowest BCUT2D eigenvalue weighted by atomic mass is 10.0. The molecule has 1 amide bonds. The van der Waals surface area contributed by atoms with E-state index >= 15 is 0 Å². The third kappa shape index (κ3) is 2.05. The van der Waals surface area contributed by atoms with Crippen LogP contribution in [-0.2, 0) is 6.42 Å². The summed E-state index contributed by atoms with van der Waals surface area (Å²) in [6.07, 6.45) is 0.916. The summed E-state index contributed by atoms with van der Waals surface area (Å²) in [7, 11) is 1.84. The topological polar surface area (TPSA) is 32.3 Å². The molecule has 1 aliphatic heterocycles. The number of hydrogen-bond acceptors (Lipinski definition) is 2. The van der Waals surface area contributed by atoms with E-state index in [4.69, 9.17) is 0 Å². The number of fused-ring (bicyclic) bond motifs is 1. The van der Waals surface area contributed by atoms with Crippen molar-refractivity contribution in [1.82, 2.24) is 4.90 Å². The fourth-order valence-corrected chi connectivity index (χ4v) is 2.59. The molecule has 0 bridgehead atoms. The number of rotatable bonds is 2. The Hall–Kier alpha value is -2.29. The number of para-hydroxylation sites is 1. The van der Waals surface area contributed by atoms with Gasteiger partial charge in [-0.3, -0.25) is 4.79 Å². The van der Waals surface area contributed by atoms with E-state index in [0.29, 0.717) is 0 Å². The normalized spacial score (nSPS) is 17.6. The van der Waals surface area contributed by atoms with Crippen molar-refractivity contribution in [3.05, 3.63) is 65.2 Å². The van der Waals surface area contributed by atoms with E-state index in [2.05, 4.69) is 36.5 Å². The van der Waals surface area contributed by atoms with Crippen LogP contribution in [0.2, 0.25) is 0 Å². The molecule has 0 aromatic heterocycles. The molecule has 1 N–H and O–H groups in total. The molecule has 0 saturated heterocycles. The lowest BCUT2D eigenvalue weighted by Crippen LogP contribution is -2.40. The average Bonchev–Trinajstić information content (AvgIpc) is 2.51. The third-order valence-corrected chi connectivity index (χ3v) is 3.86. The highest BCUT2D eigenvalue weighted by atomic mass is 16.2. The van der Waals surface area contributed by atoms with Crippen molar-refractivity contribution < 1.29 is 4.79 Å². The minimum atomic E-state index is -0.108. The first-order valence-corrected chi connectivity index (χ1v) is 6.92. The van der Waals surface area contributed by atoms with E-state index in [9.17, 15) is 4.79 Å². The van der Waals surface area contributed by atoms with Crippen molar-refractivity contribution in [3.8, 4) is 0 Å². The number of hydrogen-bond donors (Lipinski definition) is 1. The van der Waals surface area contributed by atoms with Crippen LogP contribution in [0, 0.1) is 0 Å². The summed E-state index contributed by atoms with van der Waals surface area (Å²) in [4.78, 5) is 14.2. The zero-order valence-corrected chi connectivity index (χ0v) is 11.8. The summed E-state index contributed by atoms with van der Waals surface area (Å²) in [5.41, 5.74) is 4.04. The van der Waals surface area contributed by atoms with Gasteiger partial charge >= 0.3 is 0 Å². The maximum atomic E-state index is 12.4. The lowest BCUT2D eigenvalue weighted by Gasteiger charge is -2.35. The number of anilines is 1. The number of nitrogens with zero attached hydrogens (tertiary/aromatic N) is 1. The highest BCUT2D eigenvalue weighted by Crippen LogP contribution is 2.31. The molecule has 1 unspecified atom stereocenters. The van der Waals surface area contributed by atoms with Gasteiger partial charge in [0.2, 0.25) is 0 Å².